The SMILES string of the molecule is CCCCC(=O)N1Cc2ccnn2[C@H](C(=O)NC2CC2)C1. The van der Waals surface area contributed by atoms with Crippen LogP contribution in [-0.2, 0) is 16.1 Å². The van der Waals surface area contributed by atoms with Gasteiger partial charge in [-0.25, -0.2) is 0 Å². The second kappa shape index (κ2) is 5.87. The van der Waals surface area contributed by atoms with E-state index in [0.717, 1.165) is 31.4 Å². The normalized spacial score (nSPS) is 21.0. The molecule has 21 heavy (non-hydrogen) atoms. The Kier molecular flexibility index (Phi) is 3.94. The Morgan fingerprint density at radius 2 is 2.24 bits per heavy atom. The van der Waals surface area contributed by atoms with Gasteiger partial charge in [-0.2, -0.15) is 5.10 Å². The number of aromatic nitrogens is 2. The van der Waals surface area contributed by atoms with Gasteiger partial charge in [0.15, 0.2) is 0 Å². The molecule has 1 aromatic rings. The summed E-state index contributed by atoms with van der Waals surface area (Å²) >= 11 is 0. The van der Waals surface area contributed by atoms with Crippen molar-refractivity contribution in [1.29, 1.82) is 0 Å². The quantitative estimate of drug-likeness (QED) is 0.887. The first-order valence-electron chi connectivity index (χ1n) is 7.79. The number of carbonyl (C=O) groups is 2. The molecule has 0 radical (unpaired) electrons. The largest absolute Gasteiger partial charge is 0.351 e. The first-order valence-corrected chi connectivity index (χ1v) is 7.79. The molecule has 0 spiro atoms. The molecule has 1 atom stereocenters. The van der Waals surface area contributed by atoms with E-state index in [1.54, 1.807) is 15.8 Å². The second-order valence-electron chi connectivity index (χ2n) is 5.94. The first-order chi connectivity index (χ1) is 10.2. The third-order valence-corrected chi connectivity index (χ3v) is 4.12. The molecule has 1 fully saturated rings. The van der Waals surface area contributed by atoms with Gasteiger partial charge in [0.05, 0.1) is 18.8 Å². The van der Waals surface area contributed by atoms with Gasteiger partial charge in [0.25, 0.3) is 0 Å². The molecule has 0 unspecified atom stereocenters. The minimum Gasteiger partial charge on any atom is -0.351 e. The van der Waals surface area contributed by atoms with Crippen LogP contribution in [0.4, 0.5) is 0 Å². The molecule has 6 nitrogen and oxygen atoms in total. The molecular formula is C15H22N4O2. The van der Waals surface area contributed by atoms with Crippen molar-refractivity contribution in [2.75, 3.05) is 6.54 Å². The predicted octanol–water partition coefficient (Wildman–Crippen LogP) is 1.24. The van der Waals surface area contributed by atoms with Crippen LogP contribution in [0.2, 0.25) is 0 Å². The lowest BCUT2D eigenvalue weighted by atomic mass is 10.1. The van der Waals surface area contributed by atoms with Crippen molar-refractivity contribution in [3.05, 3.63) is 18.0 Å². The van der Waals surface area contributed by atoms with Gasteiger partial charge in [-0.3, -0.25) is 14.3 Å². The average molecular weight is 290 g/mol. The molecule has 0 bridgehead atoms. The van der Waals surface area contributed by atoms with Gasteiger partial charge in [0, 0.05) is 18.7 Å². The predicted molar refractivity (Wildman–Crippen MR) is 77.4 cm³/mol. The van der Waals surface area contributed by atoms with Crippen LogP contribution in [0.3, 0.4) is 0 Å². The Bertz CT molecular complexity index is 536. The van der Waals surface area contributed by atoms with Gasteiger partial charge >= 0.3 is 0 Å². The fourth-order valence-electron chi connectivity index (χ4n) is 2.69. The topological polar surface area (TPSA) is 67.2 Å². The van der Waals surface area contributed by atoms with Crippen LogP contribution in [0.1, 0.15) is 50.8 Å². The number of hydrogen-bond acceptors (Lipinski definition) is 3. The smallest absolute Gasteiger partial charge is 0.246 e. The summed E-state index contributed by atoms with van der Waals surface area (Å²) in [4.78, 5) is 26.4. The summed E-state index contributed by atoms with van der Waals surface area (Å²) in [5, 5.41) is 7.28. The van der Waals surface area contributed by atoms with E-state index in [9.17, 15) is 9.59 Å². The average Bonchev–Trinajstić information content (AvgIpc) is 3.16. The van der Waals surface area contributed by atoms with Crippen molar-refractivity contribution in [2.45, 2.75) is 57.7 Å². The summed E-state index contributed by atoms with van der Waals surface area (Å²) < 4.78 is 1.77. The van der Waals surface area contributed by atoms with Crippen LogP contribution in [0.15, 0.2) is 12.3 Å². The third-order valence-electron chi connectivity index (χ3n) is 4.12. The number of fused-ring (bicyclic) bond motifs is 1. The molecule has 1 aromatic heterocycles. The zero-order valence-electron chi connectivity index (χ0n) is 12.4. The van der Waals surface area contributed by atoms with Crippen molar-refractivity contribution < 1.29 is 9.59 Å². The molecule has 1 aliphatic carbocycles. The molecule has 1 aliphatic heterocycles. The number of hydrogen-bond donors (Lipinski definition) is 1. The summed E-state index contributed by atoms with van der Waals surface area (Å²) in [6, 6.07) is 1.81. The molecule has 0 saturated heterocycles. The van der Waals surface area contributed by atoms with Gasteiger partial charge < -0.3 is 10.2 Å². The first kappa shape index (κ1) is 14.1. The van der Waals surface area contributed by atoms with E-state index >= 15 is 0 Å². The maximum Gasteiger partial charge on any atom is 0.246 e. The zero-order valence-corrected chi connectivity index (χ0v) is 12.4. The Morgan fingerprint density at radius 1 is 1.43 bits per heavy atom. The van der Waals surface area contributed by atoms with Crippen LogP contribution in [0.25, 0.3) is 0 Å². The summed E-state index contributed by atoms with van der Waals surface area (Å²) in [7, 11) is 0. The highest BCUT2D eigenvalue weighted by atomic mass is 16.2. The summed E-state index contributed by atoms with van der Waals surface area (Å²) in [6.07, 6.45) is 6.28. The molecule has 2 heterocycles. The standard InChI is InChI=1S/C15H22N4O2/c1-2-3-4-14(20)18-9-12-7-8-16-19(12)13(10-18)15(21)17-11-5-6-11/h7-8,11,13H,2-6,9-10H2,1H3,(H,17,21)/t13-/m0/s1. The fourth-order valence-corrected chi connectivity index (χ4v) is 2.69. The highest BCUT2D eigenvalue weighted by molar-refractivity contribution is 5.83. The van der Waals surface area contributed by atoms with Crippen LogP contribution in [-0.4, -0.2) is 39.1 Å². The summed E-state index contributed by atoms with van der Waals surface area (Å²) in [5.41, 5.74) is 0.932. The van der Waals surface area contributed by atoms with Gasteiger partial charge in [0.2, 0.25) is 11.8 Å². The molecule has 3 rings (SSSR count). The lowest BCUT2D eigenvalue weighted by Crippen LogP contribution is -2.47. The highest BCUT2D eigenvalue weighted by Gasteiger charge is 2.35. The van der Waals surface area contributed by atoms with E-state index in [4.69, 9.17) is 0 Å². The molecule has 114 valence electrons. The van der Waals surface area contributed by atoms with E-state index in [0.29, 0.717) is 25.6 Å². The number of amides is 2. The van der Waals surface area contributed by atoms with Crippen LogP contribution in [0.5, 0.6) is 0 Å². The number of nitrogens with one attached hydrogen (secondary N) is 1. The number of rotatable bonds is 5. The van der Waals surface area contributed by atoms with Gasteiger partial charge in [-0.1, -0.05) is 13.3 Å². The van der Waals surface area contributed by atoms with E-state index in [-0.39, 0.29) is 11.8 Å². The number of nitrogens with zero attached hydrogens (tertiary/aromatic N) is 3. The highest BCUT2D eigenvalue weighted by Crippen LogP contribution is 2.24. The number of unbranched alkanes of at least 4 members (excludes halogenated alkanes) is 1. The van der Waals surface area contributed by atoms with Crippen molar-refractivity contribution in [2.24, 2.45) is 0 Å². The third kappa shape index (κ3) is 3.09. The van der Waals surface area contributed by atoms with Crippen LogP contribution < -0.4 is 5.32 Å². The molecule has 1 saturated carbocycles. The minimum atomic E-state index is -0.394. The molecule has 6 heteroatoms. The van der Waals surface area contributed by atoms with Crippen molar-refractivity contribution in [3.8, 4) is 0 Å². The molecule has 1 N–H and O–H groups in total. The Hall–Kier alpha value is -1.85. The van der Waals surface area contributed by atoms with E-state index < -0.39 is 6.04 Å². The maximum absolute atomic E-state index is 12.4. The Balaban J connectivity index is 1.73. The summed E-state index contributed by atoms with van der Waals surface area (Å²) in [6.45, 7) is 3.05. The number of carbonyl (C=O) groups excluding carboxylic acids is 2. The van der Waals surface area contributed by atoms with Crippen molar-refractivity contribution in [1.82, 2.24) is 20.0 Å². The monoisotopic (exact) mass is 290 g/mol. The molecule has 2 amide bonds. The lowest BCUT2D eigenvalue weighted by Gasteiger charge is -2.33. The molecular weight excluding hydrogens is 268 g/mol. The van der Waals surface area contributed by atoms with Crippen molar-refractivity contribution in [3.63, 3.8) is 0 Å². The molecule has 2 aliphatic rings. The fraction of sp³-hybridized carbons (Fsp3) is 0.667. The Labute approximate surface area is 124 Å². The van der Waals surface area contributed by atoms with Gasteiger partial charge in [-0.15, -0.1) is 0 Å². The van der Waals surface area contributed by atoms with Gasteiger partial charge in [0.1, 0.15) is 6.04 Å². The van der Waals surface area contributed by atoms with Gasteiger partial charge in [-0.05, 0) is 25.3 Å². The van der Waals surface area contributed by atoms with Crippen LogP contribution in [0, 0.1) is 0 Å². The van der Waals surface area contributed by atoms with Crippen LogP contribution >= 0.6 is 0 Å². The summed E-state index contributed by atoms with van der Waals surface area (Å²) in [5.74, 6) is 0.115. The van der Waals surface area contributed by atoms with E-state index in [1.165, 1.54) is 0 Å². The minimum absolute atomic E-state index is 0.0181. The maximum atomic E-state index is 12.4. The Morgan fingerprint density at radius 3 is 2.95 bits per heavy atom. The zero-order chi connectivity index (χ0) is 14.8. The molecule has 0 aromatic carbocycles. The van der Waals surface area contributed by atoms with E-state index in [1.807, 2.05) is 6.07 Å². The second-order valence-corrected chi connectivity index (χ2v) is 5.94. The lowest BCUT2D eigenvalue weighted by molar-refractivity contribution is -0.135. The van der Waals surface area contributed by atoms with E-state index in [2.05, 4.69) is 17.3 Å². The van der Waals surface area contributed by atoms with Crippen molar-refractivity contribution >= 4 is 11.8 Å².